The molecule has 0 aliphatic carbocycles. The molecule has 3 aliphatic rings. The van der Waals surface area contributed by atoms with E-state index >= 15 is 0 Å². The molecule has 18 heavy (non-hydrogen) atoms. The number of fused-ring (bicyclic) bond motifs is 1. The Labute approximate surface area is 106 Å². The van der Waals surface area contributed by atoms with E-state index in [0.717, 1.165) is 0 Å². The summed E-state index contributed by atoms with van der Waals surface area (Å²) in [5.41, 5.74) is 0. The molecule has 1 unspecified atom stereocenters. The maximum Gasteiger partial charge on any atom is 0.221 e. The maximum atomic E-state index is 11.8. The highest BCUT2D eigenvalue weighted by molar-refractivity contribution is 4.99. The zero-order valence-electron chi connectivity index (χ0n) is 11.0. The van der Waals surface area contributed by atoms with E-state index in [9.17, 15) is 5.11 Å². The average Bonchev–Trinajstić information content (AvgIpc) is 2.81. The van der Waals surface area contributed by atoms with Crippen LogP contribution in [-0.2, 0) is 28.8 Å². The number of ether oxygens (including phenoxy) is 5. The zero-order chi connectivity index (χ0) is 13.1. The van der Waals surface area contributed by atoms with Crippen LogP contribution in [-0.4, -0.2) is 48.9 Å². The fourth-order valence-corrected chi connectivity index (χ4v) is 2.77. The number of rotatable bonds is 1. The normalized spacial score (nSPS) is 49.5. The van der Waals surface area contributed by atoms with Gasteiger partial charge in [-0.3, -0.25) is 0 Å². The van der Waals surface area contributed by atoms with Gasteiger partial charge in [0.05, 0.1) is 6.61 Å². The number of hydrogen-bond acceptors (Lipinski definition) is 5. The Bertz CT molecular complexity index is 341. The molecule has 0 aromatic rings. The second-order valence-electron chi connectivity index (χ2n) is 5.90. The third-order valence-corrected chi connectivity index (χ3v) is 3.44. The van der Waals surface area contributed by atoms with Gasteiger partial charge in [-0.25, -0.2) is 0 Å². The average molecular weight is 259 g/mol. The van der Waals surface area contributed by atoms with E-state index in [4.69, 9.17) is 23.7 Å². The minimum atomic E-state index is -1.23. The molecular weight excluding hydrogens is 240 g/mol. The molecule has 3 saturated heterocycles. The predicted molar refractivity (Wildman–Crippen MR) is 58.1 cm³/mol. The van der Waals surface area contributed by atoms with Crippen LogP contribution in [0.1, 0.15) is 27.7 Å². The molecule has 5 atom stereocenters. The topological polar surface area (TPSA) is 66.0 Å². The molecule has 3 fully saturated rings. The van der Waals surface area contributed by atoms with Gasteiger partial charge in [-0.15, -0.1) is 0 Å². The smallest absolute Gasteiger partial charge is 0.221 e. The van der Waals surface area contributed by atoms with Crippen molar-refractivity contribution < 1.29 is 28.8 Å². The first kappa shape index (κ1) is 12.8. The summed E-state index contributed by atoms with van der Waals surface area (Å²) < 4.78 is 27.9. The lowest BCUT2D eigenvalue weighted by molar-refractivity contribution is -0.248. The second-order valence-corrected chi connectivity index (χ2v) is 5.90. The van der Waals surface area contributed by atoms with Gasteiger partial charge in [-0.05, 0) is 27.7 Å². The molecule has 1 radical (unpaired) electrons. The molecule has 0 bridgehead atoms. The maximum absolute atomic E-state index is 11.8. The van der Waals surface area contributed by atoms with Crippen molar-refractivity contribution in [1.82, 2.24) is 0 Å². The molecule has 0 aromatic carbocycles. The van der Waals surface area contributed by atoms with E-state index in [1.54, 1.807) is 13.8 Å². The lowest BCUT2D eigenvalue weighted by atomic mass is 10.1. The van der Waals surface area contributed by atoms with Crippen molar-refractivity contribution in [3.8, 4) is 0 Å². The number of hydrogen-bond donors (Lipinski definition) is 0. The van der Waals surface area contributed by atoms with Crippen molar-refractivity contribution in [2.45, 2.75) is 70.0 Å². The summed E-state index contributed by atoms with van der Waals surface area (Å²) in [5.74, 6) is -1.38. The lowest BCUT2D eigenvalue weighted by Gasteiger charge is -2.25. The van der Waals surface area contributed by atoms with Crippen LogP contribution in [0.5, 0.6) is 0 Å². The van der Waals surface area contributed by atoms with Crippen molar-refractivity contribution in [2.24, 2.45) is 0 Å². The van der Waals surface area contributed by atoms with Crippen LogP contribution in [0, 0.1) is 0 Å². The molecule has 6 heteroatoms. The highest BCUT2D eigenvalue weighted by Gasteiger charge is 2.59. The standard InChI is InChI=1S/C12H19O6/c1-11(2)14-5-6(16-11)7-8-9(10(13)15-7)18-12(3,4)17-8/h6-10H,5H2,1-4H3/t6-,7-,8+,9+,10?/m1/s1. The predicted octanol–water partition coefficient (Wildman–Crippen LogP) is 0.813. The molecule has 0 spiro atoms. The van der Waals surface area contributed by atoms with E-state index in [2.05, 4.69) is 0 Å². The highest BCUT2D eigenvalue weighted by Crippen LogP contribution is 2.41. The van der Waals surface area contributed by atoms with Crippen LogP contribution < -0.4 is 0 Å². The largest absolute Gasteiger partial charge is 0.348 e. The molecule has 0 amide bonds. The Morgan fingerprint density at radius 3 is 2.17 bits per heavy atom. The molecule has 3 rings (SSSR count). The zero-order valence-corrected chi connectivity index (χ0v) is 11.0. The van der Waals surface area contributed by atoms with Crippen LogP contribution in [0.3, 0.4) is 0 Å². The van der Waals surface area contributed by atoms with E-state index in [1.807, 2.05) is 13.8 Å². The molecule has 103 valence electrons. The Morgan fingerprint density at radius 2 is 1.56 bits per heavy atom. The first-order valence-electron chi connectivity index (χ1n) is 6.26. The first-order valence-corrected chi connectivity index (χ1v) is 6.26. The van der Waals surface area contributed by atoms with Gasteiger partial charge in [-0.1, -0.05) is 0 Å². The summed E-state index contributed by atoms with van der Waals surface area (Å²) >= 11 is 0. The molecule has 3 aliphatic heterocycles. The van der Waals surface area contributed by atoms with E-state index in [-0.39, 0.29) is 12.2 Å². The second kappa shape index (κ2) is 3.88. The molecular formula is C12H19O6. The summed E-state index contributed by atoms with van der Waals surface area (Å²) in [6, 6.07) is 0. The third-order valence-electron chi connectivity index (χ3n) is 3.44. The van der Waals surface area contributed by atoms with Crippen LogP contribution in [0.25, 0.3) is 0 Å². The summed E-state index contributed by atoms with van der Waals surface area (Å²) in [7, 11) is 0. The fourth-order valence-electron chi connectivity index (χ4n) is 2.77. The fraction of sp³-hybridized carbons (Fsp3) is 1.00. The van der Waals surface area contributed by atoms with Crippen molar-refractivity contribution in [3.05, 3.63) is 0 Å². The SMILES string of the molecule is CC1(C)O[C@H]2[C@@H]([C@H]3COC(C)(C)O3)OC([O])[C@H]2O1. The quantitative estimate of drug-likeness (QED) is 0.697. The monoisotopic (exact) mass is 259 g/mol. The Hall–Kier alpha value is -0.240. The van der Waals surface area contributed by atoms with E-state index in [0.29, 0.717) is 6.61 Å². The molecule has 3 heterocycles. The van der Waals surface area contributed by atoms with Gasteiger partial charge in [0.1, 0.15) is 24.4 Å². The Kier molecular flexibility index (Phi) is 2.75. The lowest BCUT2D eigenvalue weighted by Crippen LogP contribution is -2.40. The Balaban J connectivity index is 1.75. The van der Waals surface area contributed by atoms with Crippen LogP contribution in [0.2, 0.25) is 0 Å². The van der Waals surface area contributed by atoms with Gasteiger partial charge < -0.3 is 23.7 Å². The van der Waals surface area contributed by atoms with Crippen molar-refractivity contribution in [2.75, 3.05) is 6.61 Å². The molecule has 6 nitrogen and oxygen atoms in total. The van der Waals surface area contributed by atoms with Crippen molar-refractivity contribution in [3.63, 3.8) is 0 Å². The summed E-state index contributed by atoms with van der Waals surface area (Å²) in [5, 5.41) is 11.8. The molecule has 0 aromatic heterocycles. The van der Waals surface area contributed by atoms with Gasteiger partial charge in [0.2, 0.25) is 6.29 Å². The molecule has 0 N–H and O–H groups in total. The third kappa shape index (κ3) is 2.07. The highest BCUT2D eigenvalue weighted by atomic mass is 16.8. The summed E-state index contributed by atoms with van der Waals surface area (Å²) in [6.45, 7) is 7.67. The van der Waals surface area contributed by atoms with Gasteiger partial charge in [0.15, 0.2) is 11.6 Å². The van der Waals surface area contributed by atoms with Crippen molar-refractivity contribution >= 4 is 0 Å². The van der Waals surface area contributed by atoms with Gasteiger partial charge in [-0.2, -0.15) is 5.11 Å². The summed E-state index contributed by atoms with van der Waals surface area (Å²) in [4.78, 5) is 0. The van der Waals surface area contributed by atoms with Crippen LogP contribution in [0.15, 0.2) is 0 Å². The van der Waals surface area contributed by atoms with Crippen LogP contribution >= 0.6 is 0 Å². The van der Waals surface area contributed by atoms with E-state index < -0.39 is 30.1 Å². The van der Waals surface area contributed by atoms with Gasteiger partial charge in [0.25, 0.3) is 0 Å². The van der Waals surface area contributed by atoms with Crippen molar-refractivity contribution in [1.29, 1.82) is 0 Å². The molecule has 0 saturated carbocycles. The Morgan fingerprint density at radius 1 is 0.889 bits per heavy atom. The minimum Gasteiger partial charge on any atom is -0.348 e. The minimum absolute atomic E-state index is 0.288. The van der Waals surface area contributed by atoms with Crippen LogP contribution in [0.4, 0.5) is 0 Å². The van der Waals surface area contributed by atoms with Gasteiger partial charge >= 0.3 is 0 Å². The first-order chi connectivity index (χ1) is 8.27. The van der Waals surface area contributed by atoms with E-state index in [1.165, 1.54) is 0 Å². The van der Waals surface area contributed by atoms with Gasteiger partial charge in [0, 0.05) is 0 Å². The summed E-state index contributed by atoms with van der Waals surface area (Å²) in [6.07, 6.45) is -2.90.